The number of carbonyl (C=O) groups excluding carboxylic acids is 1. The minimum atomic E-state index is -0.399. The normalized spacial score (nSPS) is 21.3. The predicted octanol–water partition coefficient (Wildman–Crippen LogP) is 1.03. The van der Waals surface area contributed by atoms with E-state index in [1.807, 2.05) is 30.3 Å². The summed E-state index contributed by atoms with van der Waals surface area (Å²) in [5, 5.41) is 20.3. The fourth-order valence-corrected chi connectivity index (χ4v) is 2.44. The molecular weight excluding hydrogens is 244 g/mol. The highest BCUT2D eigenvalue weighted by Crippen LogP contribution is 2.22. The van der Waals surface area contributed by atoms with Gasteiger partial charge in [-0.1, -0.05) is 30.3 Å². The number of amides is 1. The highest BCUT2D eigenvalue weighted by atomic mass is 16.5. The molecule has 1 amide bonds. The second kappa shape index (κ2) is 6.14. The Labute approximate surface area is 113 Å². The monoisotopic (exact) mass is 264 g/mol. The van der Waals surface area contributed by atoms with Crippen LogP contribution in [-0.4, -0.2) is 51.9 Å². The lowest BCUT2D eigenvalue weighted by atomic mass is 10.1. The van der Waals surface area contributed by atoms with Gasteiger partial charge >= 0.3 is 0 Å². The highest BCUT2D eigenvalue weighted by Gasteiger charge is 2.28. The Morgan fingerprint density at radius 2 is 2.16 bits per heavy atom. The smallest absolute Gasteiger partial charge is 0.243 e. The van der Waals surface area contributed by atoms with E-state index >= 15 is 0 Å². The molecule has 19 heavy (non-hydrogen) atoms. The minimum absolute atomic E-state index is 0.305. The molecule has 0 aliphatic carbocycles. The zero-order valence-electron chi connectivity index (χ0n) is 11.1. The average Bonchev–Trinajstić information content (AvgIpc) is 2.81. The molecule has 2 rings (SSSR count). The molecule has 2 N–H and O–H groups in total. The fraction of sp³-hybridized carbons (Fsp3) is 0.500. The van der Waals surface area contributed by atoms with Crippen molar-refractivity contribution in [2.24, 2.45) is 0 Å². The summed E-state index contributed by atoms with van der Waals surface area (Å²) in [6.45, 7) is 3.25. The van der Waals surface area contributed by atoms with Crippen LogP contribution < -0.4 is 0 Å². The minimum Gasteiger partial charge on any atom is -0.392 e. The van der Waals surface area contributed by atoms with E-state index < -0.39 is 6.04 Å². The zero-order valence-corrected chi connectivity index (χ0v) is 11.1. The van der Waals surface area contributed by atoms with Crippen molar-refractivity contribution < 1.29 is 15.1 Å². The third-order valence-electron chi connectivity index (χ3n) is 3.48. The van der Waals surface area contributed by atoms with Crippen molar-refractivity contribution in [1.82, 2.24) is 9.96 Å². The second-order valence-electron chi connectivity index (χ2n) is 4.99. The van der Waals surface area contributed by atoms with Gasteiger partial charge in [0.05, 0.1) is 12.1 Å². The van der Waals surface area contributed by atoms with Gasteiger partial charge < -0.3 is 5.11 Å². The number of aliphatic hydroxyl groups is 1. The van der Waals surface area contributed by atoms with Crippen LogP contribution in [0.2, 0.25) is 0 Å². The highest BCUT2D eigenvalue weighted by molar-refractivity contribution is 5.72. The van der Waals surface area contributed by atoms with E-state index in [4.69, 9.17) is 0 Å². The Hall–Kier alpha value is -1.43. The Morgan fingerprint density at radius 1 is 1.47 bits per heavy atom. The lowest BCUT2D eigenvalue weighted by Gasteiger charge is -2.29. The Morgan fingerprint density at radius 3 is 2.68 bits per heavy atom. The van der Waals surface area contributed by atoms with E-state index in [9.17, 15) is 15.1 Å². The molecular formula is C14H20N2O3. The van der Waals surface area contributed by atoms with E-state index in [0.717, 1.165) is 23.6 Å². The third kappa shape index (κ3) is 3.53. The Balaban J connectivity index is 2.13. The van der Waals surface area contributed by atoms with E-state index in [2.05, 4.69) is 4.90 Å². The molecule has 1 aliphatic rings. The molecule has 0 radical (unpaired) electrons. The molecule has 1 aromatic rings. The summed E-state index contributed by atoms with van der Waals surface area (Å²) >= 11 is 0. The number of β-amino-alcohol motifs (C(OH)–C–C–N with tert-alkyl or cyclic N) is 1. The van der Waals surface area contributed by atoms with Crippen LogP contribution >= 0.6 is 0 Å². The number of aliphatic hydroxyl groups excluding tert-OH is 1. The van der Waals surface area contributed by atoms with Gasteiger partial charge in [-0.05, 0) is 12.0 Å². The van der Waals surface area contributed by atoms with Gasteiger partial charge in [0.2, 0.25) is 5.91 Å². The molecule has 0 aromatic heterocycles. The molecule has 5 heteroatoms. The predicted molar refractivity (Wildman–Crippen MR) is 70.6 cm³/mol. The summed E-state index contributed by atoms with van der Waals surface area (Å²) in [5.74, 6) is -0.381. The number of likely N-dealkylation sites (tertiary alicyclic amines) is 1. The number of benzene rings is 1. The van der Waals surface area contributed by atoms with Crippen LogP contribution in [0.3, 0.4) is 0 Å². The van der Waals surface area contributed by atoms with Crippen LogP contribution in [0.1, 0.15) is 24.9 Å². The van der Waals surface area contributed by atoms with E-state index in [-0.39, 0.29) is 12.0 Å². The SMILES string of the molecule is CC(=O)N(O)[C@H](CN1CC[C@@H](O)C1)c1ccccc1. The van der Waals surface area contributed by atoms with E-state index in [0.29, 0.717) is 13.1 Å². The maximum atomic E-state index is 11.4. The average molecular weight is 264 g/mol. The summed E-state index contributed by atoms with van der Waals surface area (Å²) in [4.78, 5) is 13.5. The van der Waals surface area contributed by atoms with Crippen LogP contribution in [0.4, 0.5) is 0 Å². The zero-order chi connectivity index (χ0) is 13.8. The molecule has 0 unspecified atom stereocenters. The topological polar surface area (TPSA) is 64.0 Å². The summed E-state index contributed by atoms with van der Waals surface area (Å²) in [6, 6.07) is 9.05. The van der Waals surface area contributed by atoms with Gasteiger partial charge in [-0.25, -0.2) is 5.06 Å². The number of nitrogens with zero attached hydrogens (tertiary/aromatic N) is 2. The molecule has 1 aliphatic heterocycles. The molecule has 104 valence electrons. The number of hydrogen-bond acceptors (Lipinski definition) is 4. The standard InChI is InChI=1S/C14H20N2O3/c1-11(17)16(19)14(12-5-3-2-4-6-12)10-15-8-7-13(18)9-15/h2-6,13-14,18-19H,7-10H2,1H3/t13-,14-/m1/s1. The summed E-state index contributed by atoms with van der Waals surface area (Å²) < 4.78 is 0. The van der Waals surface area contributed by atoms with Gasteiger partial charge in [0.15, 0.2) is 0 Å². The van der Waals surface area contributed by atoms with Gasteiger partial charge in [-0.2, -0.15) is 0 Å². The number of rotatable bonds is 4. The van der Waals surface area contributed by atoms with Crippen molar-refractivity contribution in [3.8, 4) is 0 Å². The van der Waals surface area contributed by atoms with Crippen LogP contribution in [0.15, 0.2) is 30.3 Å². The largest absolute Gasteiger partial charge is 0.392 e. The van der Waals surface area contributed by atoms with Gasteiger partial charge in [0.25, 0.3) is 0 Å². The molecule has 1 fully saturated rings. The lowest BCUT2D eigenvalue weighted by molar-refractivity contribution is -0.175. The van der Waals surface area contributed by atoms with Crippen LogP contribution in [-0.2, 0) is 4.79 Å². The Kier molecular flexibility index (Phi) is 4.52. The number of hydroxylamine groups is 2. The quantitative estimate of drug-likeness (QED) is 0.630. The van der Waals surface area contributed by atoms with Crippen molar-refractivity contribution >= 4 is 5.91 Å². The third-order valence-corrected chi connectivity index (χ3v) is 3.48. The van der Waals surface area contributed by atoms with Crippen LogP contribution in [0, 0.1) is 0 Å². The maximum Gasteiger partial charge on any atom is 0.243 e. The number of carbonyl (C=O) groups is 1. The Bertz CT molecular complexity index is 424. The second-order valence-corrected chi connectivity index (χ2v) is 4.99. The summed E-state index contributed by atoms with van der Waals surface area (Å²) in [5.41, 5.74) is 0.890. The molecule has 1 heterocycles. The van der Waals surface area contributed by atoms with Crippen molar-refractivity contribution in [3.05, 3.63) is 35.9 Å². The molecule has 0 saturated carbocycles. The fourth-order valence-electron chi connectivity index (χ4n) is 2.44. The molecule has 0 bridgehead atoms. The summed E-state index contributed by atoms with van der Waals surface area (Å²) in [6.07, 6.45) is 0.438. The number of hydrogen-bond donors (Lipinski definition) is 2. The molecule has 5 nitrogen and oxygen atoms in total. The van der Waals surface area contributed by atoms with Gasteiger partial charge in [-0.15, -0.1) is 0 Å². The van der Waals surface area contributed by atoms with Crippen LogP contribution in [0.5, 0.6) is 0 Å². The van der Waals surface area contributed by atoms with Crippen molar-refractivity contribution in [3.63, 3.8) is 0 Å². The van der Waals surface area contributed by atoms with Crippen molar-refractivity contribution in [2.45, 2.75) is 25.5 Å². The van der Waals surface area contributed by atoms with Gasteiger partial charge in [-0.3, -0.25) is 14.9 Å². The first-order valence-electron chi connectivity index (χ1n) is 6.52. The summed E-state index contributed by atoms with van der Waals surface area (Å²) in [7, 11) is 0. The van der Waals surface area contributed by atoms with E-state index in [1.54, 1.807) is 0 Å². The van der Waals surface area contributed by atoms with Crippen molar-refractivity contribution in [1.29, 1.82) is 0 Å². The van der Waals surface area contributed by atoms with Gasteiger partial charge in [0, 0.05) is 26.6 Å². The molecule has 0 spiro atoms. The maximum absolute atomic E-state index is 11.4. The first kappa shape index (κ1) is 14.0. The first-order chi connectivity index (χ1) is 9.08. The van der Waals surface area contributed by atoms with Crippen LogP contribution in [0.25, 0.3) is 0 Å². The van der Waals surface area contributed by atoms with Crippen molar-refractivity contribution in [2.75, 3.05) is 19.6 Å². The lowest BCUT2D eigenvalue weighted by Crippen LogP contribution is -2.38. The van der Waals surface area contributed by atoms with Gasteiger partial charge in [0.1, 0.15) is 0 Å². The first-order valence-corrected chi connectivity index (χ1v) is 6.52. The molecule has 1 aromatic carbocycles. The van der Waals surface area contributed by atoms with E-state index in [1.165, 1.54) is 6.92 Å². The molecule has 1 saturated heterocycles. The molecule has 2 atom stereocenters.